The van der Waals surface area contributed by atoms with Crippen molar-refractivity contribution < 1.29 is 14.3 Å². The summed E-state index contributed by atoms with van der Waals surface area (Å²) in [6.45, 7) is 0.590. The smallest absolute Gasteiger partial charge is 0.223 e. The molecule has 1 unspecified atom stereocenters. The van der Waals surface area contributed by atoms with Crippen molar-refractivity contribution in [3.8, 4) is 11.5 Å². The number of carbonyl (C=O) groups is 1. The molecule has 4 heteroatoms. The molecule has 1 amide bonds. The van der Waals surface area contributed by atoms with Gasteiger partial charge >= 0.3 is 0 Å². The normalized spacial score (nSPS) is 21.6. The number of nitrogens with one attached hydrogen (secondary N) is 1. The molecule has 1 aromatic carbocycles. The van der Waals surface area contributed by atoms with E-state index in [4.69, 9.17) is 9.47 Å². The van der Waals surface area contributed by atoms with Crippen LogP contribution in [0.15, 0.2) is 18.2 Å². The van der Waals surface area contributed by atoms with Gasteiger partial charge in [0, 0.05) is 5.92 Å². The van der Waals surface area contributed by atoms with Gasteiger partial charge in [-0.15, -0.1) is 0 Å². The number of amides is 1. The van der Waals surface area contributed by atoms with Gasteiger partial charge in [0.05, 0.1) is 13.7 Å². The van der Waals surface area contributed by atoms with Gasteiger partial charge in [-0.3, -0.25) is 4.79 Å². The summed E-state index contributed by atoms with van der Waals surface area (Å²) in [5.41, 5.74) is 1.19. The molecule has 1 heterocycles. The molecule has 3 rings (SSSR count). The lowest BCUT2D eigenvalue weighted by molar-refractivity contribution is -0.126. The minimum atomic E-state index is 0.0383. The van der Waals surface area contributed by atoms with Gasteiger partial charge in [0.25, 0.3) is 0 Å². The first-order valence-electron chi connectivity index (χ1n) is 8.38. The summed E-state index contributed by atoms with van der Waals surface area (Å²) in [5.74, 6) is 2.03. The maximum atomic E-state index is 12.2. The summed E-state index contributed by atoms with van der Waals surface area (Å²) in [6, 6.07) is 5.99. The zero-order valence-electron chi connectivity index (χ0n) is 13.3. The highest BCUT2D eigenvalue weighted by Crippen LogP contribution is 2.36. The SMILES string of the molecule is COc1cccc2c1OC(CNC(=O)C1CCCCC1)CC2. The van der Waals surface area contributed by atoms with E-state index in [1.54, 1.807) is 7.11 Å². The first-order valence-corrected chi connectivity index (χ1v) is 8.38. The minimum absolute atomic E-state index is 0.0383. The summed E-state index contributed by atoms with van der Waals surface area (Å²) in [5, 5.41) is 3.09. The Labute approximate surface area is 132 Å². The number of methoxy groups -OCH3 is 1. The number of fused-ring (bicyclic) bond motifs is 1. The highest BCUT2D eigenvalue weighted by Gasteiger charge is 2.25. The Hall–Kier alpha value is -1.71. The Bertz CT molecular complexity index is 509. The van der Waals surface area contributed by atoms with Gasteiger partial charge in [-0.25, -0.2) is 0 Å². The lowest BCUT2D eigenvalue weighted by Gasteiger charge is -2.28. The summed E-state index contributed by atoms with van der Waals surface area (Å²) >= 11 is 0. The summed E-state index contributed by atoms with van der Waals surface area (Å²) in [7, 11) is 1.66. The van der Waals surface area contributed by atoms with Gasteiger partial charge in [-0.1, -0.05) is 31.4 Å². The van der Waals surface area contributed by atoms with Crippen LogP contribution in [0.25, 0.3) is 0 Å². The number of hydrogen-bond donors (Lipinski definition) is 1. The van der Waals surface area contributed by atoms with Crippen molar-refractivity contribution in [2.45, 2.75) is 51.0 Å². The molecular weight excluding hydrogens is 278 g/mol. The van der Waals surface area contributed by atoms with Crippen LogP contribution in [0.5, 0.6) is 11.5 Å². The molecule has 1 aromatic rings. The zero-order valence-corrected chi connectivity index (χ0v) is 13.3. The first-order chi connectivity index (χ1) is 10.8. The van der Waals surface area contributed by atoms with Gasteiger partial charge in [0.2, 0.25) is 5.91 Å². The van der Waals surface area contributed by atoms with Gasteiger partial charge in [0.1, 0.15) is 6.10 Å². The number of benzene rings is 1. The second kappa shape index (κ2) is 7.03. The Morgan fingerprint density at radius 1 is 1.27 bits per heavy atom. The molecule has 0 spiro atoms. The maximum absolute atomic E-state index is 12.2. The van der Waals surface area contributed by atoms with E-state index in [9.17, 15) is 4.79 Å². The van der Waals surface area contributed by atoms with Crippen LogP contribution in [0.4, 0.5) is 0 Å². The molecule has 1 aliphatic heterocycles. The van der Waals surface area contributed by atoms with Crippen molar-refractivity contribution in [1.29, 1.82) is 0 Å². The second-order valence-electron chi connectivity index (χ2n) is 6.31. The average Bonchev–Trinajstić information content (AvgIpc) is 2.59. The minimum Gasteiger partial charge on any atom is -0.493 e. The van der Waals surface area contributed by atoms with Crippen LogP contribution in [0.2, 0.25) is 0 Å². The van der Waals surface area contributed by atoms with E-state index >= 15 is 0 Å². The number of ether oxygens (including phenoxy) is 2. The van der Waals surface area contributed by atoms with E-state index in [1.165, 1.54) is 24.8 Å². The lowest BCUT2D eigenvalue weighted by Crippen LogP contribution is -2.40. The van der Waals surface area contributed by atoms with Crippen LogP contribution in [0, 0.1) is 5.92 Å². The Morgan fingerprint density at radius 3 is 2.86 bits per heavy atom. The van der Waals surface area contributed by atoms with E-state index in [1.807, 2.05) is 12.1 Å². The highest BCUT2D eigenvalue weighted by atomic mass is 16.5. The monoisotopic (exact) mass is 303 g/mol. The van der Waals surface area contributed by atoms with Crippen molar-refractivity contribution in [1.82, 2.24) is 5.32 Å². The van der Waals surface area contributed by atoms with Crippen LogP contribution in [0.3, 0.4) is 0 Å². The highest BCUT2D eigenvalue weighted by molar-refractivity contribution is 5.78. The third-order valence-electron chi connectivity index (χ3n) is 4.78. The van der Waals surface area contributed by atoms with Gasteiger partial charge in [0.15, 0.2) is 11.5 Å². The van der Waals surface area contributed by atoms with E-state index in [-0.39, 0.29) is 17.9 Å². The molecule has 1 saturated carbocycles. The first kappa shape index (κ1) is 15.2. The molecule has 22 heavy (non-hydrogen) atoms. The molecule has 2 aliphatic rings. The fraction of sp³-hybridized carbons (Fsp3) is 0.611. The number of hydrogen-bond acceptors (Lipinski definition) is 3. The van der Waals surface area contributed by atoms with E-state index in [2.05, 4.69) is 11.4 Å². The van der Waals surface area contributed by atoms with Crippen LogP contribution >= 0.6 is 0 Å². The van der Waals surface area contributed by atoms with Gasteiger partial charge < -0.3 is 14.8 Å². The van der Waals surface area contributed by atoms with Crippen molar-refractivity contribution in [2.75, 3.05) is 13.7 Å². The predicted octanol–water partition coefficient (Wildman–Crippen LogP) is 3.09. The molecule has 1 N–H and O–H groups in total. The van der Waals surface area contributed by atoms with Gasteiger partial charge in [-0.05, 0) is 37.3 Å². The standard InChI is InChI=1S/C18H25NO3/c1-21-16-9-5-8-13-10-11-15(22-17(13)16)12-19-18(20)14-6-3-2-4-7-14/h5,8-9,14-15H,2-4,6-7,10-12H2,1H3,(H,19,20). The largest absolute Gasteiger partial charge is 0.493 e. The number of aryl methyl sites for hydroxylation is 1. The summed E-state index contributed by atoms with van der Waals surface area (Å²) < 4.78 is 11.4. The molecule has 1 atom stereocenters. The fourth-order valence-corrected chi connectivity index (χ4v) is 3.46. The van der Waals surface area contributed by atoms with Crippen LogP contribution in [-0.4, -0.2) is 25.7 Å². The number of carbonyl (C=O) groups excluding carboxylic acids is 1. The van der Waals surface area contributed by atoms with Crippen LogP contribution in [0.1, 0.15) is 44.1 Å². The molecule has 0 aromatic heterocycles. The van der Waals surface area contributed by atoms with Crippen LogP contribution in [-0.2, 0) is 11.2 Å². The molecule has 0 radical (unpaired) electrons. The zero-order chi connectivity index (χ0) is 15.4. The fourth-order valence-electron chi connectivity index (χ4n) is 3.46. The van der Waals surface area contributed by atoms with Crippen molar-refractivity contribution in [3.05, 3.63) is 23.8 Å². The summed E-state index contributed by atoms with van der Waals surface area (Å²) in [6.07, 6.45) is 7.65. The third-order valence-corrected chi connectivity index (χ3v) is 4.78. The lowest BCUT2D eigenvalue weighted by atomic mass is 9.88. The maximum Gasteiger partial charge on any atom is 0.223 e. The van der Waals surface area contributed by atoms with Crippen LogP contribution < -0.4 is 14.8 Å². The quantitative estimate of drug-likeness (QED) is 0.930. The number of para-hydroxylation sites is 1. The Morgan fingerprint density at radius 2 is 2.09 bits per heavy atom. The van der Waals surface area contributed by atoms with E-state index in [0.717, 1.165) is 37.2 Å². The second-order valence-corrected chi connectivity index (χ2v) is 6.31. The molecule has 0 bridgehead atoms. The Balaban J connectivity index is 1.55. The van der Waals surface area contributed by atoms with Crippen molar-refractivity contribution in [2.24, 2.45) is 5.92 Å². The van der Waals surface area contributed by atoms with Crippen molar-refractivity contribution >= 4 is 5.91 Å². The molecule has 1 fully saturated rings. The third kappa shape index (κ3) is 3.37. The molecule has 0 saturated heterocycles. The molecule has 120 valence electrons. The van der Waals surface area contributed by atoms with Crippen molar-refractivity contribution in [3.63, 3.8) is 0 Å². The Kier molecular flexibility index (Phi) is 4.86. The molecule has 1 aliphatic carbocycles. The predicted molar refractivity (Wildman–Crippen MR) is 85.3 cm³/mol. The molecular formula is C18H25NO3. The average molecular weight is 303 g/mol. The molecule has 4 nitrogen and oxygen atoms in total. The summed E-state index contributed by atoms with van der Waals surface area (Å²) in [4.78, 5) is 12.2. The van der Waals surface area contributed by atoms with E-state index < -0.39 is 0 Å². The van der Waals surface area contributed by atoms with E-state index in [0.29, 0.717) is 6.54 Å². The number of rotatable bonds is 4. The van der Waals surface area contributed by atoms with Gasteiger partial charge in [-0.2, -0.15) is 0 Å². The topological polar surface area (TPSA) is 47.6 Å².